The maximum Gasteiger partial charge on any atom is 0.137 e. The molecule has 0 aliphatic carbocycles. The summed E-state index contributed by atoms with van der Waals surface area (Å²) >= 11 is 0. The van der Waals surface area contributed by atoms with Gasteiger partial charge in [-0.3, -0.25) is 4.57 Å². The first kappa shape index (κ1) is 21.5. The number of benzene rings is 3. The van der Waals surface area contributed by atoms with Gasteiger partial charge in [0.15, 0.2) is 0 Å². The van der Waals surface area contributed by atoms with E-state index < -0.39 is 0 Å². The first-order valence-corrected chi connectivity index (χ1v) is 12.5. The van der Waals surface area contributed by atoms with E-state index in [-0.39, 0.29) is 6.17 Å². The molecule has 0 spiro atoms. The fourth-order valence-corrected chi connectivity index (χ4v) is 5.36. The molecule has 1 atom stereocenters. The van der Waals surface area contributed by atoms with Crippen molar-refractivity contribution in [2.24, 2.45) is 0 Å². The van der Waals surface area contributed by atoms with Crippen LogP contribution in [0.3, 0.4) is 0 Å². The van der Waals surface area contributed by atoms with Crippen LogP contribution in [0, 0.1) is 6.92 Å². The Labute approximate surface area is 215 Å². The van der Waals surface area contributed by atoms with Gasteiger partial charge in [0.2, 0.25) is 0 Å². The molecule has 0 fully saturated rings. The molecule has 5 heteroatoms. The van der Waals surface area contributed by atoms with Gasteiger partial charge in [-0.2, -0.15) is 0 Å². The van der Waals surface area contributed by atoms with Gasteiger partial charge in [-0.05, 0) is 67.1 Å². The molecule has 0 radical (unpaired) electrons. The van der Waals surface area contributed by atoms with E-state index in [9.17, 15) is 0 Å². The van der Waals surface area contributed by atoms with Crippen molar-refractivity contribution in [2.45, 2.75) is 13.1 Å². The average Bonchev–Trinajstić information content (AvgIpc) is 3.43. The largest absolute Gasteiger partial charge is 0.457 e. The Bertz CT molecular complexity index is 1760. The number of allylic oxidation sites excluding steroid dienone is 2. The Kier molecular flexibility index (Phi) is 4.89. The summed E-state index contributed by atoms with van der Waals surface area (Å²) < 4.78 is 8.65. The summed E-state index contributed by atoms with van der Waals surface area (Å²) in [5, 5.41) is 2.37. The van der Waals surface area contributed by atoms with E-state index in [1.165, 1.54) is 16.3 Å². The zero-order chi connectivity index (χ0) is 24.9. The first-order chi connectivity index (χ1) is 18.2. The molecule has 5 nitrogen and oxygen atoms in total. The van der Waals surface area contributed by atoms with Crippen LogP contribution in [-0.4, -0.2) is 32.6 Å². The molecular formula is C32H26N4O. The molecule has 2 aliphatic rings. The van der Waals surface area contributed by atoms with Crippen molar-refractivity contribution in [2.75, 3.05) is 7.05 Å². The lowest BCUT2D eigenvalue weighted by Crippen LogP contribution is -2.33. The lowest BCUT2D eigenvalue weighted by molar-refractivity contribution is 0.282. The molecule has 0 amide bonds. The molecule has 1 unspecified atom stereocenters. The second kappa shape index (κ2) is 8.42. The van der Waals surface area contributed by atoms with E-state index in [0.29, 0.717) is 0 Å². The normalized spacial score (nSPS) is 16.5. The van der Waals surface area contributed by atoms with Gasteiger partial charge in [-0.1, -0.05) is 36.4 Å². The number of pyridine rings is 1. The number of rotatable bonds is 4. The summed E-state index contributed by atoms with van der Waals surface area (Å²) in [5.41, 5.74) is 5.64. The molecule has 7 rings (SSSR count). The number of likely N-dealkylation sites (N-methyl/N-ethyl adjacent to an activating group) is 1. The van der Waals surface area contributed by atoms with Crippen molar-refractivity contribution in [1.29, 1.82) is 0 Å². The van der Waals surface area contributed by atoms with Gasteiger partial charge in [0.05, 0.1) is 16.7 Å². The summed E-state index contributed by atoms with van der Waals surface area (Å²) in [6, 6.07) is 27.2. The van der Waals surface area contributed by atoms with Gasteiger partial charge in [0.25, 0.3) is 0 Å². The smallest absolute Gasteiger partial charge is 0.137 e. The molecule has 4 heterocycles. The summed E-state index contributed by atoms with van der Waals surface area (Å²) in [6.45, 7) is 2.09. The predicted octanol–water partition coefficient (Wildman–Crippen LogP) is 7.23. The van der Waals surface area contributed by atoms with Crippen LogP contribution in [0.2, 0.25) is 0 Å². The Balaban J connectivity index is 1.29. The summed E-state index contributed by atoms with van der Waals surface area (Å²) in [5.74, 6) is 2.50. The Morgan fingerprint density at radius 1 is 0.811 bits per heavy atom. The van der Waals surface area contributed by atoms with Gasteiger partial charge in [-0.15, -0.1) is 0 Å². The van der Waals surface area contributed by atoms with Crippen LogP contribution in [0.25, 0.3) is 33.3 Å². The summed E-state index contributed by atoms with van der Waals surface area (Å²) in [6.07, 6.45) is 12.7. The fraction of sp³-hybridized carbons (Fsp3) is 0.0938. The van der Waals surface area contributed by atoms with E-state index in [0.717, 1.165) is 39.6 Å². The molecule has 37 heavy (non-hydrogen) atoms. The highest BCUT2D eigenvalue weighted by Gasteiger charge is 2.28. The molecule has 5 aromatic rings. The molecule has 0 saturated carbocycles. The number of aryl methyl sites for hydroxylation is 1. The summed E-state index contributed by atoms with van der Waals surface area (Å²) in [4.78, 5) is 9.18. The standard InChI is InChI=1S/C32H26N4O/c1-22-15-16-33-31(18-22)36-28-11-4-3-10-26(28)27-14-13-25(20-29(27)36)37-24-9-7-8-23(19-24)30-21-34(2)32-12-5-6-17-35(30)32/h3-21,32H,1-2H3. The van der Waals surface area contributed by atoms with Gasteiger partial charge in [-0.25, -0.2) is 4.98 Å². The fourth-order valence-electron chi connectivity index (χ4n) is 5.36. The minimum atomic E-state index is 0.212. The van der Waals surface area contributed by atoms with Crippen LogP contribution in [0.4, 0.5) is 0 Å². The third-order valence-corrected chi connectivity index (χ3v) is 7.09. The Morgan fingerprint density at radius 2 is 1.68 bits per heavy atom. The average molecular weight is 483 g/mol. The number of fused-ring (bicyclic) bond motifs is 4. The molecule has 3 aromatic carbocycles. The van der Waals surface area contributed by atoms with Crippen LogP contribution in [0.15, 0.2) is 116 Å². The molecule has 0 N–H and O–H groups in total. The molecule has 0 saturated heterocycles. The Hall–Kier alpha value is -4.77. The van der Waals surface area contributed by atoms with E-state index in [4.69, 9.17) is 4.74 Å². The van der Waals surface area contributed by atoms with Crippen molar-refractivity contribution in [3.8, 4) is 17.3 Å². The van der Waals surface area contributed by atoms with Crippen molar-refractivity contribution in [3.63, 3.8) is 0 Å². The molecular weight excluding hydrogens is 456 g/mol. The highest BCUT2D eigenvalue weighted by Crippen LogP contribution is 2.37. The van der Waals surface area contributed by atoms with Crippen LogP contribution < -0.4 is 4.74 Å². The molecule has 0 bridgehead atoms. The number of aromatic nitrogens is 2. The minimum Gasteiger partial charge on any atom is -0.457 e. The number of nitrogens with zero attached hydrogens (tertiary/aromatic N) is 4. The predicted molar refractivity (Wildman–Crippen MR) is 149 cm³/mol. The lowest BCUT2D eigenvalue weighted by atomic mass is 10.1. The van der Waals surface area contributed by atoms with Gasteiger partial charge in [0, 0.05) is 48.0 Å². The van der Waals surface area contributed by atoms with Crippen LogP contribution in [0.5, 0.6) is 11.5 Å². The Morgan fingerprint density at radius 3 is 2.59 bits per heavy atom. The minimum absolute atomic E-state index is 0.212. The van der Waals surface area contributed by atoms with E-state index in [1.807, 2.05) is 24.4 Å². The molecule has 2 aliphatic heterocycles. The maximum atomic E-state index is 6.44. The van der Waals surface area contributed by atoms with E-state index >= 15 is 0 Å². The lowest BCUT2D eigenvalue weighted by Gasteiger charge is -2.29. The second-order valence-electron chi connectivity index (χ2n) is 9.58. The van der Waals surface area contributed by atoms with Gasteiger partial charge in [0.1, 0.15) is 23.5 Å². The van der Waals surface area contributed by atoms with Crippen molar-refractivity contribution >= 4 is 27.5 Å². The van der Waals surface area contributed by atoms with E-state index in [1.54, 1.807) is 0 Å². The number of para-hydroxylation sites is 1. The van der Waals surface area contributed by atoms with Crippen LogP contribution >= 0.6 is 0 Å². The topological polar surface area (TPSA) is 33.5 Å². The highest BCUT2D eigenvalue weighted by atomic mass is 16.5. The third kappa shape index (κ3) is 3.59. The van der Waals surface area contributed by atoms with Crippen LogP contribution in [0.1, 0.15) is 11.1 Å². The van der Waals surface area contributed by atoms with Gasteiger partial charge < -0.3 is 14.5 Å². The zero-order valence-corrected chi connectivity index (χ0v) is 20.7. The monoisotopic (exact) mass is 482 g/mol. The van der Waals surface area contributed by atoms with Crippen molar-refractivity contribution in [3.05, 3.63) is 127 Å². The van der Waals surface area contributed by atoms with Crippen molar-refractivity contribution in [1.82, 2.24) is 19.4 Å². The molecule has 2 aromatic heterocycles. The highest BCUT2D eigenvalue weighted by molar-refractivity contribution is 6.09. The van der Waals surface area contributed by atoms with Gasteiger partial charge >= 0.3 is 0 Å². The van der Waals surface area contributed by atoms with E-state index in [2.05, 4.69) is 125 Å². The third-order valence-electron chi connectivity index (χ3n) is 7.09. The first-order valence-electron chi connectivity index (χ1n) is 12.5. The number of ether oxygens (including phenoxy) is 1. The summed E-state index contributed by atoms with van der Waals surface area (Å²) in [7, 11) is 2.10. The number of hydrogen-bond acceptors (Lipinski definition) is 4. The number of hydrogen-bond donors (Lipinski definition) is 0. The van der Waals surface area contributed by atoms with Crippen LogP contribution in [-0.2, 0) is 0 Å². The second-order valence-corrected chi connectivity index (χ2v) is 9.58. The maximum absolute atomic E-state index is 6.44. The zero-order valence-electron chi connectivity index (χ0n) is 20.7. The van der Waals surface area contributed by atoms with Crippen molar-refractivity contribution < 1.29 is 4.74 Å². The molecule has 180 valence electrons. The SMILES string of the molecule is Cc1ccnc(-n2c3ccccc3c3ccc(Oc4cccc(C5=CN(C)C6C=CC=CN56)c4)cc32)c1. The quantitative estimate of drug-likeness (QED) is 0.270.